The summed E-state index contributed by atoms with van der Waals surface area (Å²) in [5.74, 6) is 0.316. The third-order valence-electron chi connectivity index (χ3n) is 3.40. The van der Waals surface area contributed by atoms with Crippen LogP contribution in [-0.4, -0.2) is 22.5 Å². The molecule has 2 heterocycles. The highest BCUT2D eigenvalue weighted by atomic mass is 35.5. The van der Waals surface area contributed by atoms with Gasteiger partial charge in [0.05, 0.1) is 18.2 Å². The van der Waals surface area contributed by atoms with E-state index in [1.807, 2.05) is 35.6 Å². The molecular weight excluding hydrogens is 288 g/mol. The van der Waals surface area contributed by atoms with Crippen molar-refractivity contribution in [2.75, 3.05) is 7.11 Å². The van der Waals surface area contributed by atoms with Gasteiger partial charge < -0.3 is 4.74 Å². The van der Waals surface area contributed by atoms with Crippen LogP contribution >= 0.6 is 11.6 Å². The lowest BCUT2D eigenvalue weighted by atomic mass is 10.1. The Morgan fingerprint density at radius 2 is 2.00 bits per heavy atom. The lowest BCUT2D eigenvalue weighted by Crippen LogP contribution is -2.03. The molecule has 106 valence electrons. The molecule has 0 unspecified atom stereocenters. The Morgan fingerprint density at radius 1 is 1.24 bits per heavy atom. The third kappa shape index (κ3) is 2.28. The van der Waals surface area contributed by atoms with Crippen LogP contribution in [0, 0.1) is 6.92 Å². The summed E-state index contributed by atoms with van der Waals surface area (Å²) in [4.78, 5) is 16.1. The molecule has 3 aromatic rings. The van der Waals surface area contributed by atoms with Gasteiger partial charge in [-0.05, 0) is 24.6 Å². The Labute approximate surface area is 126 Å². The maximum atomic E-state index is 11.7. The normalized spacial score (nSPS) is 10.8. The average Bonchev–Trinajstić information content (AvgIpc) is 2.83. The van der Waals surface area contributed by atoms with Crippen molar-refractivity contribution in [3.05, 3.63) is 58.9 Å². The van der Waals surface area contributed by atoms with Crippen molar-refractivity contribution in [3.8, 4) is 11.4 Å². The monoisotopic (exact) mass is 300 g/mol. The summed E-state index contributed by atoms with van der Waals surface area (Å²) < 4.78 is 6.57. The second-order valence-electron chi connectivity index (χ2n) is 4.71. The minimum Gasteiger partial charge on any atom is -0.465 e. The Bertz CT molecular complexity index is 839. The molecule has 3 rings (SSSR count). The first-order chi connectivity index (χ1) is 10.1. The van der Waals surface area contributed by atoms with Gasteiger partial charge in [-0.25, -0.2) is 9.78 Å². The second kappa shape index (κ2) is 5.22. The summed E-state index contributed by atoms with van der Waals surface area (Å²) in [6, 6.07) is 11.3. The Balaban J connectivity index is 2.28. The molecule has 0 aliphatic rings. The molecule has 0 fully saturated rings. The fraction of sp³-hybridized carbons (Fsp3) is 0.125. The van der Waals surface area contributed by atoms with Crippen molar-refractivity contribution in [2.45, 2.75) is 6.92 Å². The van der Waals surface area contributed by atoms with Crippen molar-refractivity contribution in [1.82, 2.24) is 9.38 Å². The van der Waals surface area contributed by atoms with E-state index in [-0.39, 0.29) is 0 Å². The smallest absolute Gasteiger partial charge is 0.339 e. The Hall–Kier alpha value is -2.33. The molecule has 0 spiro atoms. The number of carbonyl (C=O) groups excluding carboxylic acids is 1. The lowest BCUT2D eigenvalue weighted by Gasteiger charge is -2.06. The van der Waals surface area contributed by atoms with E-state index in [0.29, 0.717) is 16.5 Å². The van der Waals surface area contributed by atoms with Gasteiger partial charge in [-0.2, -0.15) is 0 Å². The van der Waals surface area contributed by atoms with Gasteiger partial charge in [0.15, 0.2) is 5.15 Å². The predicted octanol–water partition coefficient (Wildman–Crippen LogP) is 3.75. The van der Waals surface area contributed by atoms with Crippen LogP contribution in [0.3, 0.4) is 0 Å². The molecular formula is C16H13ClN2O2. The molecule has 0 bridgehead atoms. The summed E-state index contributed by atoms with van der Waals surface area (Å²) in [5.41, 5.74) is 3.27. The van der Waals surface area contributed by atoms with E-state index in [2.05, 4.69) is 4.98 Å². The standard InChI is InChI=1S/C16H13ClN2O2/c1-10-5-3-4-6-12(10)15-18-14(17)13-8-7-11(9-19(13)15)16(20)21-2/h3-9H,1-2H3. The van der Waals surface area contributed by atoms with Crippen LogP contribution in [0.5, 0.6) is 0 Å². The maximum Gasteiger partial charge on any atom is 0.339 e. The number of ether oxygens (including phenoxy) is 1. The van der Waals surface area contributed by atoms with Gasteiger partial charge in [-0.1, -0.05) is 35.9 Å². The number of rotatable bonds is 2. The van der Waals surface area contributed by atoms with Crippen molar-refractivity contribution in [3.63, 3.8) is 0 Å². The SMILES string of the molecule is COC(=O)c1ccc2c(Cl)nc(-c3ccccc3C)n2c1. The lowest BCUT2D eigenvalue weighted by molar-refractivity contribution is 0.0600. The fourth-order valence-electron chi connectivity index (χ4n) is 2.30. The zero-order valence-corrected chi connectivity index (χ0v) is 12.4. The zero-order chi connectivity index (χ0) is 15.0. The van der Waals surface area contributed by atoms with E-state index in [0.717, 1.165) is 16.6 Å². The highest BCUT2D eigenvalue weighted by Gasteiger charge is 2.15. The molecule has 5 heteroatoms. The Morgan fingerprint density at radius 3 is 2.71 bits per heavy atom. The van der Waals surface area contributed by atoms with Gasteiger partial charge in [0.25, 0.3) is 0 Å². The van der Waals surface area contributed by atoms with E-state index in [9.17, 15) is 4.79 Å². The molecule has 1 aromatic carbocycles. The molecule has 0 amide bonds. The summed E-state index contributed by atoms with van der Waals surface area (Å²) in [7, 11) is 1.36. The van der Waals surface area contributed by atoms with Crippen LogP contribution in [-0.2, 0) is 4.74 Å². The number of carbonyl (C=O) groups is 1. The number of imidazole rings is 1. The average molecular weight is 301 g/mol. The van der Waals surface area contributed by atoms with E-state index in [4.69, 9.17) is 16.3 Å². The molecule has 0 aliphatic heterocycles. The third-order valence-corrected chi connectivity index (χ3v) is 3.68. The van der Waals surface area contributed by atoms with Crippen molar-refractivity contribution < 1.29 is 9.53 Å². The van der Waals surface area contributed by atoms with Gasteiger partial charge in [0.2, 0.25) is 0 Å². The number of nitrogens with zero attached hydrogens (tertiary/aromatic N) is 2. The summed E-state index contributed by atoms with van der Waals surface area (Å²) >= 11 is 6.20. The topological polar surface area (TPSA) is 43.6 Å². The first-order valence-corrected chi connectivity index (χ1v) is 6.81. The van der Waals surface area contributed by atoms with Crippen molar-refractivity contribution >= 4 is 23.1 Å². The summed E-state index contributed by atoms with van der Waals surface area (Å²) in [6.45, 7) is 2.01. The number of hydrogen-bond acceptors (Lipinski definition) is 3. The number of benzene rings is 1. The minimum absolute atomic E-state index is 0.391. The first-order valence-electron chi connectivity index (χ1n) is 6.43. The van der Waals surface area contributed by atoms with Gasteiger partial charge in [0, 0.05) is 11.8 Å². The second-order valence-corrected chi connectivity index (χ2v) is 5.06. The highest BCUT2D eigenvalue weighted by Crippen LogP contribution is 2.28. The number of aromatic nitrogens is 2. The van der Waals surface area contributed by atoms with Crippen LogP contribution < -0.4 is 0 Å². The molecule has 2 aromatic heterocycles. The minimum atomic E-state index is -0.391. The van der Waals surface area contributed by atoms with Crippen LogP contribution in [0.2, 0.25) is 5.15 Å². The molecule has 0 aliphatic carbocycles. The fourth-order valence-corrected chi connectivity index (χ4v) is 2.53. The van der Waals surface area contributed by atoms with Crippen molar-refractivity contribution in [2.24, 2.45) is 0 Å². The van der Waals surface area contributed by atoms with Gasteiger partial charge in [0.1, 0.15) is 5.82 Å². The van der Waals surface area contributed by atoms with Gasteiger partial charge in [-0.15, -0.1) is 0 Å². The molecule has 4 nitrogen and oxygen atoms in total. The Kier molecular flexibility index (Phi) is 3.39. The number of esters is 1. The van der Waals surface area contributed by atoms with Crippen LogP contribution in [0.4, 0.5) is 0 Å². The van der Waals surface area contributed by atoms with Crippen LogP contribution in [0.25, 0.3) is 16.9 Å². The van der Waals surface area contributed by atoms with Crippen molar-refractivity contribution in [1.29, 1.82) is 0 Å². The number of halogens is 1. The quantitative estimate of drug-likeness (QED) is 0.677. The van der Waals surface area contributed by atoms with Gasteiger partial charge in [-0.3, -0.25) is 4.40 Å². The molecule has 0 radical (unpaired) electrons. The molecule has 0 N–H and O–H groups in total. The molecule has 0 saturated carbocycles. The number of hydrogen-bond donors (Lipinski definition) is 0. The summed E-state index contributed by atoms with van der Waals surface area (Å²) in [5, 5.41) is 0.407. The zero-order valence-electron chi connectivity index (χ0n) is 11.6. The number of aryl methyl sites for hydroxylation is 1. The van der Waals surface area contributed by atoms with E-state index in [1.54, 1.807) is 18.3 Å². The highest BCUT2D eigenvalue weighted by molar-refractivity contribution is 6.33. The number of pyridine rings is 1. The molecule has 0 saturated heterocycles. The van der Waals surface area contributed by atoms with Crippen LogP contribution in [0.1, 0.15) is 15.9 Å². The first kappa shape index (κ1) is 13.6. The van der Waals surface area contributed by atoms with E-state index in [1.165, 1.54) is 7.11 Å². The predicted molar refractivity (Wildman–Crippen MR) is 81.7 cm³/mol. The van der Waals surface area contributed by atoms with E-state index < -0.39 is 5.97 Å². The largest absolute Gasteiger partial charge is 0.465 e. The number of fused-ring (bicyclic) bond motifs is 1. The molecule has 0 atom stereocenters. The summed E-state index contributed by atoms with van der Waals surface area (Å²) in [6.07, 6.45) is 1.70. The van der Waals surface area contributed by atoms with E-state index >= 15 is 0 Å². The van der Waals surface area contributed by atoms with Crippen LogP contribution in [0.15, 0.2) is 42.6 Å². The maximum absolute atomic E-state index is 11.7. The molecule has 21 heavy (non-hydrogen) atoms. The van der Waals surface area contributed by atoms with Gasteiger partial charge >= 0.3 is 5.97 Å². The number of methoxy groups -OCH3 is 1.